The molecule has 0 aromatic rings. The van der Waals surface area contributed by atoms with Crippen molar-refractivity contribution < 1.29 is 0 Å². The fraction of sp³-hybridized carbons (Fsp3) is 0.615. The quantitative estimate of drug-likeness (QED) is 0.412. The predicted octanol–water partition coefficient (Wildman–Crippen LogP) is 4.14. The highest BCUT2D eigenvalue weighted by Gasteiger charge is 2.25. The van der Waals surface area contributed by atoms with Crippen LogP contribution < -0.4 is 0 Å². The van der Waals surface area contributed by atoms with Crippen molar-refractivity contribution in [1.82, 2.24) is 0 Å². The topological polar surface area (TPSA) is 0 Å². The van der Waals surface area contributed by atoms with Crippen molar-refractivity contribution >= 4 is 7.92 Å². The van der Waals surface area contributed by atoms with Gasteiger partial charge in [-0.3, -0.25) is 0 Å². The van der Waals surface area contributed by atoms with Crippen LogP contribution in [0.1, 0.15) is 26.7 Å². The van der Waals surface area contributed by atoms with E-state index in [9.17, 15) is 0 Å². The van der Waals surface area contributed by atoms with Gasteiger partial charge in [-0.25, -0.2) is 0 Å². The fourth-order valence-corrected chi connectivity index (χ4v) is 3.26. The van der Waals surface area contributed by atoms with Gasteiger partial charge in [-0.15, -0.1) is 5.73 Å². The molecule has 1 fully saturated rings. The second-order valence-corrected chi connectivity index (χ2v) is 6.79. The predicted molar refractivity (Wildman–Crippen MR) is 65.0 cm³/mol. The van der Waals surface area contributed by atoms with Gasteiger partial charge < -0.3 is 0 Å². The zero-order chi connectivity index (χ0) is 10.1. The molecule has 0 N–H and O–H groups in total. The summed E-state index contributed by atoms with van der Waals surface area (Å²) < 4.78 is 0. The molecule has 2 rings (SSSR count). The van der Waals surface area contributed by atoms with Crippen molar-refractivity contribution in [1.29, 1.82) is 0 Å². The standard InChI is InChI=1S/C13H19P/c1-10-4-5-12-6-8-14(3)9-7-13(12)11(10)2/h7-8,10-11H,4-5,9H2,1-3H3. The normalized spacial score (nSPS) is 36.9. The highest BCUT2D eigenvalue weighted by molar-refractivity contribution is 7.60. The van der Waals surface area contributed by atoms with E-state index >= 15 is 0 Å². The molecule has 0 nitrogen and oxygen atoms in total. The number of hydrogen-bond donors (Lipinski definition) is 0. The van der Waals surface area contributed by atoms with Crippen LogP contribution in [0, 0.1) is 11.8 Å². The average Bonchev–Trinajstić information content (AvgIpc) is 2.35. The molecule has 1 heteroatoms. The summed E-state index contributed by atoms with van der Waals surface area (Å²) in [6.07, 6.45) is 6.34. The van der Waals surface area contributed by atoms with Gasteiger partial charge >= 0.3 is 0 Å². The molecule has 0 spiro atoms. The van der Waals surface area contributed by atoms with E-state index in [1.54, 1.807) is 5.57 Å². The van der Waals surface area contributed by atoms with Gasteiger partial charge in [0, 0.05) is 0 Å². The van der Waals surface area contributed by atoms with Gasteiger partial charge in [0.2, 0.25) is 0 Å². The molecule has 3 unspecified atom stereocenters. The van der Waals surface area contributed by atoms with E-state index in [1.807, 2.05) is 0 Å². The lowest BCUT2D eigenvalue weighted by atomic mass is 9.75. The van der Waals surface area contributed by atoms with Crippen LogP contribution in [-0.2, 0) is 0 Å². The third-order valence-electron chi connectivity index (χ3n) is 3.60. The van der Waals surface area contributed by atoms with Crippen molar-refractivity contribution in [2.24, 2.45) is 11.8 Å². The summed E-state index contributed by atoms with van der Waals surface area (Å²) in [5, 5.41) is 0. The van der Waals surface area contributed by atoms with E-state index in [0.717, 1.165) is 11.8 Å². The number of rotatable bonds is 0. The SMILES string of the molecule is CC1CCC2=C=CP(C)CC=C2C1C. The Morgan fingerprint density at radius 2 is 2.21 bits per heavy atom. The van der Waals surface area contributed by atoms with Crippen LogP contribution in [0.2, 0.25) is 0 Å². The Morgan fingerprint density at radius 1 is 1.43 bits per heavy atom. The first-order valence-corrected chi connectivity index (χ1v) is 7.59. The maximum Gasteiger partial charge on any atom is -0.00280 e. The maximum atomic E-state index is 3.54. The third kappa shape index (κ3) is 1.88. The van der Waals surface area contributed by atoms with Gasteiger partial charge in [-0.1, -0.05) is 27.8 Å². The first kappa shape index (κ1) is 10.2. The smallest absolute Gasteiger partial charge is 0.00280 e. The summed E-state index contributed by atoms with van der Waals surface area (Å²) in [5.74, 6) is 3.92. The molecule has 0 saturated heterocycles. The fourth-order valence-electron chi connectivity index (χ4n) is 2.30. The van der Waals surface area contributed by atoms with Crippen LogP contribution in [-0.4, -0.2) is 12.8 Å². The Hall–Kier alpha value is -0.310. The number of allylic oxidation sites excluding steroid dienone is 3. The molecule has 1 saturated carbocycles. The van der Waals surface area contributed by atoms with Gasteiger partial charge in [0.05, 0.1) is 0 Å². The molecule has 2 aliphatic rings. The molecule has 1 heterocycles. The monoisotopic (exact) mass is 206 g/mol. The zero-order valence-electron chi connectivity index (χ0n) is 9.38. The Kier molecular flexibility index (Phi) is 2.96. The first-order chi connectivity index (χ1) is 6.68. The van der Waals surface area contributed by atoms with E-state index in [-0.39, 0.29) is 7.92 Å². The van der Waals surface area contributed by atoms with Crippen LogP contribution >= 0.6 is 7.92 Å². The second kappa shape index (κ2) is 4.05. The molecule has 0 radical (unpaired) electrons. The van der Waals surface area contributed by atoms with Crippen molar-refractivity contribution in [2.75, 3.05) is 12.8 Å². The minimum Gasteiger partial charge on any atom is -0.117 e. The van der Waals surface area contributed by atoms with E-state index < -0.39 is 0 Å². The molecular weight excluding hydrogens is 187 g/mol. The molecule has 0 aromatic heterocycles. The molecule has 0 aromatic carbocycles. The van der Waals surface area contributed by atoms with Crippen molar-refractivity contribution in [3.05, 3.63) is 28.8 Å². The molecule has 14 heavy (non-hydrogen) atoms. The second-order valence-electron chi connectivity index (χ2n) is 4.66. The summed E-state index contributed by atoms with van der Waals surface area (Å²) in [4.78, 5) is 0. The highest BCUT2D eigenvalue weighted by Crippen LogP contribution is 2.42. The molecule has 0 amide bonds. The molecule has 0 bridgehead atoms. The van der Waals surface area contributed by atoms with Gasteiger partial charge in [0.15, 0.2) is 0 Å². The van der Waals surface area contributed by atoms with Gasteiger partial charge in [0.1, 0.15) is 0 Å². The zero-order valence-corrected chi connectivity index (χ0v) is 10.3. The van der Waals surface area contributed by atoms with E-state index in [4.69, 9.17) is 0 Å². The summed E-state index contributed by atoms with van der Waals surface area (Å²) >= 11 is 0. The lowest BCUT2D eigenvalue weighted by Crippen LogP contribution is -2.18. The number of hydrogen-bond acceptors (Lipinski definition) is 0. The molecule has 1 aliphatic heterocycles. The van der Waals surface area contributed by atoms with Gasteiger partial charge in [-0.2, -0.15) is 0 Å². The Balaban J connectivity index is 2.35. The Bertz CT molecular complexity index is 318. The Labute approximate surface area is 88.5 Å². The van der Waals surface area contributed by atoms with E-state index in [1.165, 1.54) is 24.6 Å². The van der Waals surface area contributed by atoms with E-state index in [2.05, 4.69) is 38.1 Å². The summed E-state index contributed by atoms with van der Waals surface area (Å²) in [6, 6.07) is 0. The minimum atomic E-state index is 0.0782. The molecule has 3 atom stereocenters. The summed E-state index contributed by atoms with van der Waals surface area (Å²) in [7, 11) is 0.0782. The lowest BCUT2D eigenvalue weighted by Gasteiger charge is -2.29. The van der Waals surface area contributed by atoms with Crippen LogP contribution in [0.15, 0.2) is 28.8 Å². The Morgan fingerprint density at radius 3 is 3.00 bits per heavy atom. The molecule has 76 valence electrons. The highest BCUT2D eigenvalue weighted by atomic mass is 31.1. The number of fused-ring (bicyclic) bond motifs is 1. The largest absolute Gasteiger partial charge is 0.117 e. The van der Waals surface area contributed by atoms with Gasteiger partial charge in [0.25, 0.3) is 0 Å². The van der Waals surface area contributed by atoms with Crippen molar-refractivity contribution in [2.45, 2.75) is 26.7 Å². The molecule has 1 aliphatic carbocycles. The van der Waals surface area contributed by atoms with Crippen molar-refractivity contribution in [3.8, 4) is 0 Å². The lowest BCUT2D eigenvalue weighted by molar-refractivity contribution is 0.384. The van der Waals surface area contributed by atoms with Crippen LogP contribution in [0.5, 0.6) is 0 Å². The third-order valence-corrected chi connectivity index (χ3v) is 4.93. The summed E-state index contributed by atoms with van der Waals surface area (Å²) in [6.45, 7) is 7.09. The van der Waals surface area contributed by atoms with Gasteiger partial charge in [-0.05, 0) is 54.5 Å². The van der Waals surface area contributed by atoms with Crippen LogP contribution in [0.25, 0.3) is 0 Å². The maximum absolute atomic E-state index is 3.54. The van der Waals surface area contributed by atoms with Crippen LogP contribution in [0.3, 0.4) is 0 Å². The first-order valence-electron chi connectivity index (χ1n) is 5.55. The summed E-state index contributed by atoms with van der Waals surface area (Å²) in [5.41, 5.74) is 6.64. The van der Waals surface area contributed by atoms with Crippen LogP contribution in [0.4, 0.5) is 0 Å². The van der Waals surface area contributed by atoms with Crippen molar-refractivity contribution in [3.63, 3.8) is 0 Å². The molecular formula is C13H19P. The average molecular weight is 206 g/mol. The minimum absolute atomic E-state index is 0.0782. The van der Waals surface area contributed by atoms with E-state index in [0.29, 0.717) is 0 Å².